The Hall–Kier alpha value is -3.79. The van der Waals surface area contributed by atoms with Gasteiger partial charge < -0.3 is 25.0 Å². The summed E-state index contributed by atoms with van der Waals surface area (Å²) in [5.74, 6) is 2.00. The van der Waals surface area contributed by atoms with Crippen LogP contribution in [0.3, 0.4) is 0 Å². The van der Waals surface area contributed by atoms with Gasteiger partial charge in [-0.3, -0.25) is 4.79 Å². The number of amides is 1. The van der Waals surface area contributed by atoms with Gasteiger partial charge in [0.05, 0.1) is 32.4 Å². The fraction of sp³-hybridized carbons (Fsp3) is 0.318. The van der Waals surface area contributed by atoms with Crippen LogP contribution in [0.2, 0.25) is 0 Å². The van der Waals surface area contributed by atoms with Crippen molar-refractivity contribution >= 4 is 17.7 Å². The average molecular weight is 433 g/mol. The summed E-state index contributed by atoms with van der Waals surface area (Å²) >= 11 is 0. The van der Waals surface area contributed by atoms with Gasteiger partial charge in [-0.25, -0.2) is 19.9 Å². The Balaban J connectivity index is 1.50. The summed E-state index contributed by atoms with van der Waals surface area (Å²) in [6.07, 6.45) is 3.14. The van der Waals surface area contributed by atoms with Gasteiger partial charge in [0, 0.05) is 37.6 Å². The zero-order valence-electron chi connectivity index (χ0n) is 17.7. The topological polar surface area (TPSA) is 120 Å². The molecular formula is C22H23N7O3. The number of nitrogen functional groups attached to an aromatic ring is 1. The molecule has 0 radical (unpaired) electrons. The number of benzene rings is 1. The maximum Gasteiger partial charge on any atom is 0.273 e. The second-order valence-corrected chi connectivity index (χ2v) is 7.64. The molecule has 0 unspecified atom stereocenters. The molecule has 1 aromatic carbocycles. The largest absolute Gasteiger partial charge is 0.497 e. The van der Waals surface area contributed by atoms with E-state index >= 15 is 0 Å². The second kappa shape index (κ2) is 8.39. The van der Waals surface area contributed by atoms with Crippen LogP contribution < -0.4 is 15.4 Å². The van der Waals surface area contributed by atoms with E-state index in [0.717, 1.165) is 22.7 Å². The number of hydrogen-bond donors (Lipinski definition) is 1. The van der Waals surface area contributed by atoms with E-state index in [1.807, 2.05) is 24.3 Å². The Morgan fingerprint density at radius 2 is 1.81 bits per heavy atom. The van der Waals surface area contributed by atoms with Crippen molar-refractivity contribution in [1.29, 1.82) is 0 Å². The maximum atomic E-state index is 13.3. The van der Waals surface area contributed by atoms with Crippen LogP contribution in [0.4, 0.5) is 11.8 Å². The van der Waals surface area contributed by atoms with Crippen LogP contribution in [0, 0.1) is 0 Å². The van der Waals surface area contributed by atoms with Crippen LogP contribution >= 0.6 is 0 Å². The fourth-order valence-electron chi connectivity index (χ4n) is 3.91. The van der Waals surface area contributed by atoms with Crippen molar-refractivity contribution in [3.8, 4) is 17.1 Å². The molecule has 2 aliphatic rings. The van der Waals surface area contributed by atoms with Crippen LogP contribution in [0.15, 0.2) is 36.7 Å². The third-order valence-corrected chi connectivity index (χ3v) is 5.60. The predicted molar refractivity (Wildman–Crippen MR) is 117 cm³/mol. The van der Waals surface area contributed by atoms with Crippen LogP contribution in [-0.4, -0.2) is 64.2 Å². The van der Waals surface area contributed by atoms with Crippen LogP contribution in [-0.2, 0) is 17.8 Å². The monoisotopic (exact) mass is 433 g/mol. The molecule has 5 rings (SSSR count). The Morgan fingerprint density at radius 1 is 1.09 bits per heavy atom. The number of fused-ring (bicyclic) bond motifs is 1. The van der Waals surface area contributed by atoms with E-state index in [-0.39, 0.29) is 11.9 Å². The number of anilines is 2. The van der Waals surface area contributed by atoms with E-state index in [1.165, 1.54) is 0 Å². The van der Waals surface area contributed by atoms with Crippen molar-refractivity contribution in [2.24, 2.45) is 0 Å². The second-order valence-electron chi connectivity index (χ2n) is 7.64. The number of nitrogens with two attached hydrogens (primary N) is 1. The summed E-state index contributed by atoms with van der Waals surface area (Å²) in [5.41, 5.74) is 8.50. The fourth-order valence-corrected chi connectivity index (χ4v) is 3.91. The first kappa shape index (κ1) is 20.1. The zero-order valence-corrected chi connectivity index (χ0v) is 17.7. The third-order valence-electron chi connectivity index (χ3n) is 5.60. The molecule has 10 nitrogen and oxygen atoms in total. The van der Waals surface area contributed by atoms with Gasteiger partial charge in [0.1, 0.15) is 17.3 Å². The van der Waals surface area contributed by atoms with E-state index < -0.39 is 0 Å². The highest BCUT2D eigenvalue weighted by Crippen LogP contribution is 2.33. The number of hydrogen-bond acceptors (Lipinski definition) is 9. The number of aromatic nitrogens is 4. The van der Waals surface area contributed by atoms with Gasteiger partial charge in [-0.2, -0.15) is 0 Å². The Bertz CT molecular complexity index is 1130. The molecule has 2 aromatic heterocycles. The molecule has 0 atom stereocenters. The molecule has 4 heterocycles. The minimum Gasteiger partial charge on any atom is -0.497 e. The van der Waals surface area contributed by atoms with Gasteiger partial charge in [-0.15, -0.1) is 0 Å². The van der Waals surface area contributed by atoms with E-state index in [9.17, 15) is 4.79 Å². The summed E-state index contributed by atoms with van der Waals surface area (Å²) in [6, 6.07) is 7.70. The van der Waals surface area contributed by atoms with Gasteiger partial charge >= 0.3 is 0 Å². The van der Waals surface area contributed by atoms with Crippen LogP contribution in [0.5, 0.6) is 5.75 Å². The van der Waals surface area contributed by atoms with E-state index in [4.69, 9.17) is 20.2 Å². The van der Waals surface area contributed by atoms with Crippen molar-refractivity contribution in [3.63, 3.8) is 0 Å². The first-order valence-electron chi connectivity index (χ1n) is 10.4. The molecule has 0 spiro atoms. The molecule has 2 N–H and O–H groups in total. The molecule has 1 saturated heterocycles. The van der Waals surface area contributed by atoms with Gasteiger partial charge in [0.15, 0.2) is 5.82 Å². The molecule has 1 fully saturated rings. The minimum absolute atomic E-state index is 0.120. The molecular weight excluding hydrogens is 410 g/mol. The molecule has 10 heteroatoms. The molecule has 2 aliphatic heterocycles. The summed E-state index contributed by atoms with van der Waals surface area (Å²) < 4.78 is 10.7. The number of carbonyl (C=O) groups is 1. The van der Waals surface area contributed by atoms with E-state index in [2.05, 4.69) is 19.9 Å². The predicted octanol–water partition coefficient (Wildman–Crippen LogP) is 1.52. The first-order chi connectivity index (χ1) is 15.6. The van der Waals surface area contributed by atoms with Gasteiger partial charge in [0.2, 0.25) is 5.95 Å². The standard InChI is InChI=1S/C22H23N7O3/c1-31-16-4-2-14(3-5-16)12-29-13-17-18(21(29)30)26-19(15-10-24-22(23)25-11-15)27-20(17)28-6-8-32-9-7-28/h2-5,10-11H,6-9,12-13H2,1H3,(H2,23,24,25). The van der Waals surface area contributed by atoms with Gasteiger partial charge in [-0.05, 0) is 17.7 Å². The summed E-state index contributed by atoms with van der Waals surface area (Å²) in [7, 11) is 1.63. The molecule has 0 aliphatic carbocycles. The smallest absolute Gasteiger partial charge is 0.273 e. The highest BCUT2D eigenvalue weighted by Gasteiger charge is 2.34. The molecule has 3 aromatic rings. The minimum atomic E-state index is -0.120. The van der Waals surface area contributed by atoms with Crippen molar-refractivity contribution in [3.05, 3.63) is 53.5 Å². The highest BCUT2D eigenvalue weighted by atomic mass is 16.5. The quantitative estimate of drug-likeness (QED) is 0.638. The first-order valence-corrected chi connectivity index (χ1v) is 10.4. The average Bonchev–Trinajstić information content (AvgIpc) is 3.15. The lowest BCUT2D eigenvalue weighted by molar-refractivity contribution is 0.0762. The molecule has 1 amide bonds. The lowest BCUT2D eigenvalue weighted by Gasteiger charge is -2.29. The normalized spacial score (nSPS) is 15.7. The van der Waals surface area contributed by atoms with Crippen LogP contribution in [0.1, 0.15) is 21.6 Å². The highest BCUT2D eigenvalue weighted by molar-refractivity contribution is 5.98. The van der Waals surface area contributed by atoms with Crippen molar-refractivity contribution in [2.75, 3.05) is 44.0 Å². The molecule has 32 heavy (non-hydrogen) atoms. The number of nitrogens with zero attached hydrogens (tertiary/aromatic N) is 6. The van der Waals surface area contributed by atoms with Gasteiger partial charge in [0.25, 0.3) is 5.91 Å². The SMILES string of the molecule is COc1ccc(CN2Cc3c(nc(-c4cnc(N)nc4)nc3N3CCOCC3)C2=O)cc1. The van der Waals surface area contributed by atoms with E-state index in [1.54, 1.807) is 24.4 Å². The summed E-state index contributed by atoms with van der Waals surface area (Å²) in [5, 5.41) is 0. The third kappa shape index (κ3) is 3.80. The number of rotatable bonds is 5. The van der Waals surface area contributed by atoms with Crippen molar-refractivity contribution in [1.82, 2.24) is 24.8 Å². The molecule has 164 valence electrons. The number of methoxy groups -OCH3 is 1. The molecule has 0 bridgehead atoms. The Kier molecular flexibility index (Phi) is 5.28. The van der Waals surface area contributed by atoms with Crippen molar-refractivity contribution < 1.29 is 14.3 Å². The summed E-state index contributed by atoms with van der Waals surface area (Å²) in [6.45, 7) is 3.56. The maximum absolute atomic E-state index is 13.3. The van der Waals surface area contributed by atoms with E-state index in [0.29, 0.717) is 56.5 Å². The number of ether oxygens (including phenoxy) is 2. The summed E-state index contributed by atoms with van der Waals surface area (Å²) in [4.78, 5) is 34.8. The Morgan fingerprint density at radius 3 is 2.50 bits per heavy atom. The lowest BCUT2D eigenvalue weighted by Crippen LogP contribution is -2.37. The van der Waals surface area contributed by atoms with Crippen LogP contribution in [0.25, 0.3) is 11.4 Å². The number of morpholine rings is 1. The molecule has 0 saturated carbocycles. The van der Waals surface area contributed by atoms with Gasteiger partial charge in [-0.1, -0.05) is 12.1 Å². The zero-order chi connectivity index (χ0) is 22.1. The van der Waals surface area contributed by atoms with Crippen molar-refractivity contribution in [2.45, 2.75) is 13.1 Å². The number of carbonyl (C=O) groups excluding carboxylic acids is 1. The lowest BCUT2D eigenvalue weighted by atomic mass is 10.2. The Labute approximate surface area is 185 Å².